The van der Waals surface area contributed by atoms with E-state index in [0.717, 1.165) is 31.3 Å². The maximum atomic E-state index is 12.0. The first kappa shape index (κ1) is 14.8. The van der Waals surface area contributed by atoms with Crippen LogP contribution >= 0.6 is 0 Å². The molecule has 1 amide bonds. The molecule has 2 unspecified atom stereocenters. The number of rotatable bonds is 5. The molecule has 0 aromatic carbocycles. The lowest BCUT2D eigenvalue weighted by Crippen LogP contribution is -2.31. The van der Waals surface area contributed by atoms with Gasteiger partial charge in [-0.3, -0.25) is 4.79 Å². The van der Waals surface area contributed by atoms with Gasteiger partial charge in [0.2, 0.25) is 5.91 Å². The lowest BCUT2D eigenvalue weighted by molar-refractivity contribution is -0.122. The molecule has 0 saturated heterocycles. The van der Waals surface area contributed by atoms with Gasteiger partial charge in [0.15, 0.2) is 0 Å². The Hall–Kier alpha value is -0.570. The number of hydrogen-bond donors (Lipinski definition) is 2. The molecule has 19 heavy (non-hydrogen) atoms. The van der Waals surface area contributed by atoms with Crippen molar-refractivity contribution in [1.82, 2.24) is 5.32 Å². The predicted molar refractivity (Wildman–Crippen MR) is 78.6 cm³/mol. The van der Waals surface area contributed by atoms with Gasteiger partial charge < -0.3 is 11.1 Å². The molecule has 3 nitrogen and oxygen atoms in total. The maximum absolute atomic E-state index is 12.0. The van der Waals surface area contributed by atoms with Crippen molar-refractivity contribution in [2.75, 3.05) is 13.1 Å². The Morgan fingerprint density at radius 1 is 1.05 bits per heavy atom. The minimum Gasteiger partial charge on any atom is -0.356 e. The van der Waals surface area contributed by atoms with Crippen LogP contribution in [-0.4, -0.2) is 19.0 Å². The SMILES string of the molecule is CC1CCC(CNC(=O)CC2CCC(CN)CC2)C1. The molecule has 2 fully saturated rings. The molecule has 3 heteroatoms. The molecule has 2 rings (SSSR count). The summed E-state index contributed by atoms with van der Waals surface area (Å²) in [5.41, 5.74) is 5.70. The third-order valence-corrected chi connectivity index (χ3v) is 5.17. The Balaban J connectivity index is 1.59. The number of nitrogens with one attached hydrogen (secondary N) is 1. The highest BCUT2D eigenvalue weighted by atomic mass is 16.1. The van der Waals surface area contributed by atoms with E-state index in [-0.39, 0.29) is 5.91 Å². The minimum absolute atomic E-state index is 0.274. The second-order valence-electron chi connectivity index (χ2n) is 6.91. The fraction of sp³-hybridized carbons (Fsp3) is 0.938. The largest absolute Gasteiger partial charge is 0.356 e. The molecular formula is C16H30N2O. The summed E-state index contributed by atoms with van der Waals surface area (Å²) in [5.74, 6) is 3.17. The van der Waals surface area contributed by atoms with E-state index < -0.39 is 0 Å². The average Bonchev–Trinajstić information content (AvgIpc) is 2.83. The van der Waals surface area contributed by atoms with E-state index in [2.05, 4.69) is 12.2 Å². The van der Waals surface area contributed by atoms with E-state index in [4.69, 9.17) is 5.73 Å². The Bertz CT molecular complexity index is 284. The van der Waals surface area contributed by atoms with Gasteiger partial charge in [0, 0.05) is 13.0 Å². The smallest absolute Gasteiger partial charge is 0.220 e. The Morgan fingerprint density at radius 2 is 1.68 bits per heavy atom. The van der Waals surface area contributed by atoms with Crippen LogP contribution in [0.15, 0.2) is 0 Å². The van der Waals surface area contributed by atoms with Crippen LogP contribution < -0.4 is 11.1 Å². The van der Waals surface area contributed by atoms with Gasteiger partial charge in [-0.2, -0.15) is 0 Å². The van der Waals surface area contributed by atoms with Crippen molar-refractivity contribution < 1.29 is 4.79 Å². The number of carbonyl (C=O) groups excluding carboxylic acids is 1. The standard InChI is InChI=1S/C16H30N2O/c1-12-2-3-15(8-12)11-18-16(19)9-13-4-6-14(10-17)7-5-13/h12-15H,2-11,17H2,1H3,(H,18,19). The summed E-state index contributed by atoms with van der Waals surface area (Å²) in [7, 11) is 0. The second-order valence-corrected chi connectivity index (χ2v) is 6.91. The Kier molecular flexibility index (Phi) is 5.68. The number of hydrogen-bond acceptors (Lipinski definition) is 2. The van der Waals surface area contributed by atoms with Gasteiger partial charge >= 0.3 is 0 Å². The van der Waals surface area contributed by atoms with Gasteiger partial charge in [0.1, 0.15) is 0 Å². The topological polar surface area (TPSA) is 55.1 Å². The summed E-state index contributed by atoms with van der Waals surface area (Å²) in [5, 5.41) is 3.15. The van der Waals surface area contributed by atoms with Crippen LogP contribution in [0.4, 0.5) is 0 Å². The molecule has 0 aromatic heterocycles. The summed E-state index contributed by atoms with van der Waals surface area (Å²) in [6, 6.07) is 0. The van der Waals surface area contributed by atoms with Gasteiger partial charge in [-0.15, -0.1) is 0 Å². The van der Waals surface area contributed by atoms with Crippen LogP contribution in [0.3, 0.4) is 0 Å². The van der Waals surface area contributed by atoms with Crippen LogP contribution in [0.2, 0.25) is 0 Å². The average molecular weight is 266 g/mol. The van der Waals surface area contributed by atoms with Crippen LogP contribution in [-0.2, 0) is 4.79 Å². The minimum atomic E-state index is 0.274. The third-order valence-electron chi connectivity index (χ3n) is 5.17. The predicted octanol–water partition coefficient (Wildman–Crippen LogP) is 2.69. The van der Waals surface area contributed by atoms with E-state index in [9.17, 15) is 4.79 Å². The van der Waals surface area contributed by atoms with Crippen LogP contribution in [0.1, 0.15) is 58.3 Å². The molecule has 3 N–H and O–H groups in total. The van der Waals surface area contributed by atoms with E-state index in [0.29, 0.717) is 11.8 Å². The van der Waals surface area contributed by atoms with Crippen LogP contribution in [0.25, 0.3) is 0 Å². The van der Waals surface area contributed by atoms with Crippen molar-refractivity contribution in [2.24, 2.45) is 29.4 Å². The highest BCUT2D eigenvalue weighted by molar-refractivity contribution is 5.76. The molecule has 110 valence electrons. The number of amides is 1. The first-order valence-electron chi connectivity index (χ1n) is 8.14. The van der Waals surface area contributed by atoms with Crippen molar-refractivity contribution in [1.29, 1.82) is 0 Å². The molecule has 0 heterocycles. The summed E-state index contributed by atoms with van der Waals surface area (Å²) in [6.45, 7) is 4.04. The van der Waals surface area contributed by atoms with Crippen molar-refractivity contribution in [3.63, 3.8) is 0 Å². The van der Waals surface area contributed by atoms with E-state index >= 15 is 0 Å². The maximum Gasteiger partial charge on any atom is 0.220 e. The number of carbonyl (C=O) groups is 1. The van der Waals surface area contributed by atoms with Crippen molar-refractivity contribution in [2.45, 2.75) is 58.3 Å². The quantitative estimate of drug-likeness (QED) is 0.804. The molecule has 2 aliphatic rings. The zero-order valence-electron chi connectivity index (χ0n) is 12.4. The van der Waals surface area contributed by atoms with Crippen LogP contribution in [0.5, 0.6) is 0 Å². The highest BCUT2D eigenvalue weighted by Gasteiger charge is 2.24. The molecule has 2 atom stereocenters. The van der Waals surface area contributed by atoms with Gasteiger partial charge in [-0.05, 0) is 68.7 Å². The van der Waals surface area contributed by atoms with E-state index in [1.54, 1.807) is 0 Å². The van der Waals surface area contributed by atoms with Crippen LogP contribution in [0, 0.1) is 23.7 Å². The van der Waals surface area contributed by atoms with Crippen molar-refractivity contribution in [3.8, 4) is 0 Å². The Labute approximate surface area is 117 Å². The number of nitrogens with two attached hydrogens (primary N) is 1. The van der Waals surface area contributed by atoms with Crippen molar-refractivity contribution >= 4 is 5.91 Å². The molecule has 0 radical (unpaired) electrons. The summed E-state index contributed by atoms with van der Waals surface area (Å²) in [4.78, 5) is 12.0. The lowest BCUT2D eigenvalue weighted by Gasteiger charge is -2.27. The van der Waals surface area contributed by atoms with Crippen molar-refractivity contribution in [3.05, 3.63) is 0 Å². The first-order chi connectivity index (χ1) is 9.17. The van der Waals surface area contributed by atoms with Gasteiger partial charge in [-0.1, -0.05) is 13.3 Å². The second kappa shape index (κ2) is 7.28. The molecule has 2 saturated carbocycles. The molecule has 0 bridgehead atoms. The summed E-state index contributed by atoms with van der Waals surface area (Å²) in [6.07, 6.45) is 9.48. The fourth-order valence-corrected chi connectivity index (χ4v) is 3.77. The van der Waals surface area contributed by atoms with E-state index in [1.807, 2.05) is 0 Å². The normalized spacial score (nSPS) is 35.3. The highest BCUT2D eigenvalue weighted by Crippen LogP contribution is 2.31. The molecule has 0 aliphatic heterocycles. The van der Waals surface area contributed by atoms with Gasteiger partial charge in [0.05, 0.1) is 0 Å². The molecule has 0 spiro atoms. The lowest BCUT2D eigenvalue weighted by atomic mass is 9.80. The summed E-state index contributed by atoms with van der Waals surface area (Å²) >= 11 is 0. The fourth-order valence-electron chi connectivity index (χ4n) is 3.77. The first-order valence-corrected chi connectivity index (χ1v) is 8.14. The molecular weight excluding hydrogens is 236 g/mol. The van der Waals surface area contributed by atoms with E-state index in [1.165, 1.54) is 44.9 Å². The zero-order valence-corrected chi connectivity index (χ0v) is 12.4. The Morgan fingerprint density at radius 3 is 2.26 bits per heavy atom. The zero-order chi connectivity index (χ0) is 13.7. The summed E-state index contributed by atoms with van der Waals surface area (Å²) < 4.78 is 0. The van der Waals surface area contributed by atoms with Gasteiger partial charge in [0.25, 0.3) is 0 Å². The third kappa shape index (κ3) is 4.79. The van der Waals surface area contributed by atoms with Gasteiger partial charge in [-0.25, -0.2) is 0 Å². The molecule has 2 aliphatic carbocycles. The monoisotopic (exact) mass is 266 g/mol. The molecule has 0 aromatic rings.